The largest absolute Gasteiger partial charge is 0.480 e. The van der Waals surface area contributed by atoms with Gasteiger partial charge in [-0.05, 0) is 56.7 Å². The van der Waals surface area contributed by atoms with Gasteiger partial charge in [0.05, 0.1) is 0 Å². The van der Waals surface area contributed by atoms with E-state index in [0.717, 1.165) is 40.2 Å². The zero-order valence-corrected chi connectivity index (χ0v) is 15.3. The highest BCUT2D eigenvalue weighted by molar-refractivity contribution is 9.11. The summed E-state index contributed by atoms with van der Waals surface area (Å²) in [6.07, 6.45) is 8.16. The van der Waals surface area contributed by atoms with Gasteiger partial charge in [0.15, 0.2) is 0 Å². The number of halogens is 2. The van der Waals surface area contributed by atoms with Gasteiger partial charge in [0.2, 0.25) is 5.91 Å². The van der Waals surface area contributed by atoms with Gasteiger partial charge in [-0.15, -0.1) is 0 Å². The predicted octanol–water partition coefficient (Wildman–Crippen LogP) is 3.40. The molecule has 0 spiro atoms. The molecular formula is C15H18Br2N2O3. The van der Waals surface area contributed by atoms with E-state index in [2.05, 4.69) is 36.8 Å². The summed E-state index contributed by atoms with van der Waals surface area (Å²) in [7, 11) is 0. The minimum absolute atomic E-state index is 0.0768. The molecule has 1 aromatic rings. The first-order valence-corrected chi connectivity index (χ1v) is 8.86. The van der Waals surface area contributed by atoms with E-state index in [1.807, 2.05) is 0 Å². The fourth-order valence-electron chi connectivity index (χ4n) is 2.83. The van der Waals surface area contributed by atoms with Crippen LogP contribution in [0.25, 0.3) is 0 Å². The van der Waals surface area contributed by atoms with Crippen LogP contribution in [0.1, 0.15) is 37.7 Å². The lowest BCUT2D eigenvalue weighted by Gasteiger charge is -2.27. The maximum atomic E-state index is 12.5. The van der Waals surface area contributed by atoms with Crippen LogP contribution in [0.15, 0.2) is 21.3 Å². The Morgan fingerprint density at radius 2 is 1.82 bits per heavy atom. The number of carbonyl (C=O) groups is 2. The van der Waals surface area contributed by atoms with Crippen molar-refractivity contribution < 1.29 is 14.7 Å². The molecule has 1 fully saturated rings. The van der Waals surface area contributed by atoms with Gasteiger partial charge in [-0.1, -0.05) is 12.8 Å². The van der Waals surface area contributed by atoms with Crippen LogP contribution in [0, 0.1) is 0 Å². The summed E-state index contributed by atoms with van der Waals surface area (Å²) in [5.74, 6) is -1.04. The summed E-state index contributed by atoms with van der Waals surface area (Å²) in [6, 6.07) is 0.0768. The van der Waals surface area contributed by atoms with Gasteiger partial charge in [-0.2, -0.15) is 0 Å². The average Bonchev–Trinajstić information content (AvgIpc) is 2.97. The Morgan fingerprint density at radius 1 is 1.23 bits per heavy atom. The third-order valence-electron chi connectivity index (χ3n) is 3.93. The van der Waals surface area contributed by atoms with E-state index in [-0.39, 0.29) is 18.5 Å². The Hall–Kier alpha value is -0.950. The molecule has 5 nitrogen and oxygen atoms in total. The molecule has 7 heteroatoms. The lowest BCUT2D eigenvalue weighted by Crippen LogP contribution is -2.42. The first-order chi connectivity index (χ1) is 10.5. The fraction of sp³-hybridized carbons (Fsp3) is 0.533. The summed E-state index contributed by atoms with van der Waals surface area (Å²) in [6.45, 7) is -0.206. The number of carboxylic acids is 1. The van der Waals surface area contributed by atoms with E-state index >= 15 is 0 Å². The van der Waals surface area contributed by atoms with E-state index in [4.69, 9.17) is 5.11 Å². The van der Waals surface area contributed by atoms with Crippen molar-refractivity contribution in [3.63, 3.8) is 0 Å². The zero-order chi connectivity index (χ0) is 16.1. The predicted molar refractivity (Wildman–Crippen MR) is 89.6 cm³/mol. The highest BCUT2D eigenvalue weighted by Gasteiger charge is 2.28. The molecule has 2 rings (SSSR count). The third kappa shape index (κ3) is 4.52. The molecule has 0 bridgehead atoms. The Balaban J connectivity index is 2.03. The van der Waals surface area contributed by atoms with Crippen molar-refractivity contribution in [2.45, 2.75) is 44.6 Å². The number of aliphatic carboxylic acids is 1. The number of hydrogen-bond donors (Lipinski definition) is 1. The number of amides is 1. The molecular weight excluding hydrogens is 416 g/mol. The van der Waals surface area contributed by atoms with Crippen LogP contribution < -0.4 is 0 Å². The highest BCUT2D eigenvalue weighted by Crippen LogP contribution is 2.27. The molecule has 1 aliphatic carbocycles. The van der Waals surface area contributed by atoms with E-state index in [0.29, 0.717) is 12.8 Å². The molecule has 22 heavy (non-hydrogen) atoms. The minimum Gasteiger partial charge on any atom is -0.480 e. The second-order valence-corrected chi connectivity index (χ2v) is 7.14. The molecule has 0 unspecified atom stereocenters. The topological polar surface area (TPSA) is 70.5 Å². The van der Waals surface area contributed by atoms with E-state index in [1.165, 1.54) is 0 Å². The van der Waals surface area contributed by atoms with Gasteiger partial charge in [0, 0.05) is 33.8 Å². The second-order valence-electron chi connectivity index (χ2n) is 5.44. The number of nitrogens with zero attached hydrogens (tertiary/aromatic N) is 2. The van der Waals surface area contributed by atoms with Gasteiger partial charge in [0.25, 0.3) is 0 Å². The monoisotopic (exact) mass is 432 g/mol. The first-order valence-electron chi connectivity index (χ1n) is 7.28. The molecule has 0 radical (unpaired) electrons. The van der Waals surface area contributed by atoms with Gasteiger partial charge >= 0.3 is 5.97 Å². The van der Waals surface area contributed by atoms with E-state index in [9.17, 15) is 9.59 Å². The van der Waals surface area contributed by atoms with Crippen molar-refractivity contribution in [2.24, 2.45) is 0 Å². The molecule has 1 heterocycles. The average molecular weight is 434 g/mol. The number of pyridine rings is 1. The quantitative estimate of drug-likeness (QED) is 0.746. The van der Waals surface area contributed by atoms with Gasteiger partial charge in [-0.3, -0.25) is 14.6 Å². The van der Waals surface area contributed by atoms with Crippen molar-refractivity contribution in [1.29, 1.82) is 0 Å². The Bertz CT molecular complexity index is 539. The summed E-state index contributed by atoms with van der Waals surface area (Å²) in [5, 5.41) is 9.05. The van der Waals surface area contributed by atoms with Crippen molar-refractivity contribution in [1.82, 2.24) is 9.88 Å². The van der Waals surface area contributed by atoms with Gasteiger partial charge < -0.3 is 10.0 Å². The standard InChI is InChI=1S/C15H18Br2N2O3/c16-12-7-18-8-13(17)11(12)5-6-14(20)19(9-15(21)22)10-3-1-2-4-10/h7-8,10H,1-6,9H2,(H,21,22). The number of hydrogen-bond acceptors (Lipinski definition) is 3. The normalized spacial score (nSPS) is 15.0. The first kappa shape index (κ1) is 17.4. The van der Waals surface area contributed by atoms with Crippen molar-refractivity contribution >= 4 is 43.7 Å². The molecule has 1 saturated carbocycles. The molecule has 0 atom stereocenters. The third-order valence-corrected chi connectivity index (χ3v) is 5.30. The maximum absolute atomic E-state index is 12.5. The lowest BCUT2D eigenvalue weighted by atomic mass is 10.1. The number of carbonyl (C=O) groups excluding carboxylic acids is 1. The molecule has 0 saturated heterocycles. The van der Waals surface area contributed by atoms with Gasteiger partial charge in [-0.25, -0.2) is 0 Å². The Morgan fingerprint density at radius 3 is 2.36 bits per heavy atom. The Labute approximate surface area is 146 Å². The smallest absolute Gasteiger partial charge is 0.323 e. The molecule has 120 valence electrons. The van der Waals surface area contributed by atoms with Crippen LogP contribution >= 0.6 is 31.9 Å². The summed E-state index contributed by atoms with van der Waals surface area (Å²) in [4.78, 5) is 29.1. The SMILES string of the molecule is O=C(O)CN(C(=O)CCc1c(Br)cncc1Br)C1CCCC1. The maximum Gasteiger partial charge on any atom is 0.323 e. The van der Waals surface area contributed by atoms with E-state index in [1.54, 1.807) is 17.3 Å². The number of carboxylic acid groups (broad SMARTS) is 1. The molecule has 1 N–H and O–H groups in total. The fourth-order valence-corrected chi connectivity index (χ4v) is 4.16. The van der Waals surface area contributed by atoms with Crippen LogP contribution in [0.2, 0.25) is 0 Å². The van der Waals surface area contributed by atoms with Crippen molar-refractivity contribution in [2.75, 3.05) is 6.54 Å². The second kappa shape index (κ2) is 8.06. The molecule has 1 aromatic heterocycles. The lowest BCUT2D eigenvalue weighted by molar-refractivity contribution is -0.146. The minimum atomic E-state index is -0.952. The summed E-state index contributed by atoms with van der Waals surface area (Å²) < 4.78 is 1.70. The molecule has 0 aliphatic heterocycles. The van der Waals surface area contributed by atoms with Crippen LogP contribution in [-0.4, -0.2) is 39.5 Å². The number of aromatic nitrogens is 1. The van der Waals surface area contributed by atoms with Crippen LogP contribution in [0.3, 0.4) is 0 Å². The zero-order valence-electron chi connectivity index (χ0n) is 12.1. The van der Waals surface area contributed by atoms with Crippen LogP contribution in [0.5, 0.6) is 0 Å². The van der Waals surface area contributed by atoms with Crippen LogP contribution in [-0.2, 0) is 16.0 Å². The van der Waals surface area contributed by atoms with Crippen molar-refractivity contribution in [3.05, 3.63) is 26.9 Å². The highest BCUT2D eigenvalue weighted by atomic mass is 79.9. The Kier molecular flexibility index (Phi) is 6.37. The molecule has 1 aliphatic rings. The van der Waals surface area contributed by atoms with Gasteiger partial charge in [0.1, 0.15) is 6.54 Å². The number of rotatable bonds is 6. The molecule has 1 amide bonds. The summed E-state index contributed by atoms with van der Waals surface area (Å²) >= 11 is 6.86. The van der Waals surface area contributed by atoms with Crippen molar-refractivity contribution in [3.8, 4) is 0 Å². The summed E-state index contributed by atoms with van der Waals surface area (Å²) in [5.41, 5.74) is 0.977. The van der Waals surface area contributed by atoms with E-state index < -0.39 is 5.97 Å². The molecule has 0 aromatic carbocycles. The van der Waals surface area contributed by atoms with Crippen LogP contribution in [0.4, 0.5) is 0 Å².